The number of hydrogen-bond acceptors (Lipinski definition) is 7. The Morgan fingerprint density at radius 1 is 1.19 bits per heavy atom. The average molecular weight is 380 g/mol. The summed E-state index contributed by atoms with van der Waals surface area (Å²) in [6.45, 7) is 9.64. The minimum Gasteiger partial charge on any atom is -0.444 e. The summed E-state index contributed by atoms with van der Waals surface area (Å²) in [5, 5.41) is 4.67. The Morgan fingerprint density at radius 2 is 1.88 bits per heavy atom. The Labute approximate surface area is 156 Å². The number of anilines is 1. The van der Waals surface area contributed by atoms with E-state index >= 15 is 0 Å². The van der Waals surface area contributed by atoms with Gasteiger partial charge in [-0.3, -0.25) is 0 Å². The third-order valence-corrected chi connectivity index (χ3v) is 4.02. The smallest absolute Gasteiger partial charge is 0.410 e. The molecule has 140 valence electrons. The fourth-order valence-electron chi connectivity index (χ4n) is 2.55. The topological polar surface area (TPSA) is 89.3 Å². The normalized spacial score (nSPS) is 15.3. The molecule has 9 nitrogen and oxygen atoms in total. The number of hydrogen-bond donors (Lipinski definition) is 0. The number of aryl methyl sites for hydroxylation is 1. The number of rotatable bonds is 2. The molecule has 0 radical (unpaired) electrons. The standard InChI is InChI=1S/C16H22ClN7O2/c1-11-19-10-24(21-11)14-18-9-12(17)13(20-14)22-5-7-23(8-6-22)15(25)26-16(2,3)4/h9-10H,5-8H2,1-4H3. The van der Waals surface area contributed by atoms with E-state index in [0.29, 0.717) is 48.8 Å². The maximum absolute atomic E-state index is 12.2. The van der Waals surface area contributed by atoms with Crippen molar-refractivity contribution in [2.24, 2.45) is 0 Å². The van der Waals surface area contributed by atoms with Crippen molar-refractivity contribution in [1.29, 1.82) is 0 Å². The molecule has 0 spiro atoms. The molecule has 1 aliphatic rings. The Kier molecular flexibility index (Phi) is 4.99. The Balaban J connectivity index is 1.70. The summed E-state index contributed by atoms with van der Waals surface area (Å²) in [6, 6.07) is 0. The van der Waals surface area contributed by atoms with Crippen LogP contribution in [0.2, 0.25) is 5.02 Å². The van der Waals surface area contributed by atoms with Crippen LogP contribution in [0.5, 0.6) is 0 Å². The average Bonchev–Trinajstić information content (AvgIpc) is 3.00. The SMILES string of the molecule is Cc1ncn(-c2ncc(Cl)c(N3CCN(C(=O)OC(C)(C)C)CC3)n2)n1. The molecule has 0 aliphatic carbocycles. The minimum absolute atomic E-state index is 0.301. The zero-order valence-electron chi connectivity index (χ0n) is 15.3. The Bertz CT molecular complexity index is 794. The lowest BCUT2D eigenvalue weighted by atomic mass is 10.2. The predicted molar refractivity (Wildman–Crippen MR) is 96.7 cm³/mol. The molecule has 0 aromatic carbocycles. The van der Waals surface area contributed by atoms with Gasteiger partial charge in [-0.2, -0.15) is 9.67 Å². The van der Waals surface area contributed by atoms with E-state index < -0.39 is 5.60 Å². The summed E-state index contributed by atoms with van der Waals surface area (Å²) < 4.78 is 6.93. The zero-order valence-corrected chi connectivity index (χ0v) is 16.1. The molecule has 0 bridgehead atoms. The van der Waals surface area contributed by atoms with Crippen LogP contribution < -0.4 is 4.90 Å². The maximum Gasteiger partial charge on any atom is 0.410 e. The number of carbonyl (C=O) groups excluding carboxylic acids is 1. The second kappa shape index (κ2) is 7.06. The van der Waals surface area contributed by atoms with Crippen molar-refractivity contribution < 1.29 is 9.53 Å². The van der Waals surface area contributed by atoms with E-state index in [4.69, 9.17) is 16.3 Å². The first-order valence-corrected chi connectivity index (χ1v) is 8.75. The van der Waals surface area contributed by atoms with E-state index in [0.717, 1.165) is 0 Å². The molecule has 3 rings (SSSR count). The molecule has 1 amide bonds. The summed E-state index contributed by atoms with van der Waals surface area (Å²) in [7, 11) is 0. The van der Waals surface area contributed by atoms with Gasteiger partial charge in [-0.05, 0) is 27.7 Å². The minimum atomic E-state index is -0.505. The molecule has 3 heterocycles. The van der Waals surface area contributed by atoms with Crippen molar-refractivity contribution in [2.75, 3.05) is 31.1 Å². The number of amides is 1. The van der Waals surface area contributed by atoms with Crippen molar-refractivity contribution in [2.45, 2.75) is 33.3 Å². The van der Waals surface area contributed by atoms with Gasteiger partial charge in [0.15, 0.2) is 5.82 Å². The number of nitrogens with zero attached hydrogens (tertiary/aromatic N) is 7. The van der Waals surface area contributed by atoms with Gasteiger partial charge < -0.3 is 14.5 Å². The van der Waals surface area contributed by atoms with Crippen LogP contribution in [0.25, 0.3) is 5.95 Å². The summed E-state index contributed by atoms with van der Waals surface area (Å²) in [6.07, 6.45) is 2.81. The van der Waals surface area contributed by atoms with Gasteiger partial charge in [-0.15, -0.1) is 5.10 Å². The van der Waals surface area contributed by atoms with Crippen LogP contribution in [0.15, 0.2) is 12.5 Å². The number of halogens is 1. The van der Waals surface area contributed by atoms with Crippen LogP contribution >= 0.6 is 11.6 Å². The molecule has 1 saturated heterocycles. The van der Waals surface area contributed by atoms with Gasteiger partial charge in [0.2, 0.25) is 0 Å². The lowest BCUT2D eigenvalue weighted by molar-refractivity contribution is 0.0240. The number of piperazine rings is 1. The second-order valence-electron chi connectivity index (χ2n) is 7.03. The maximum atomic E-state index is 12.2. The fourth-order valence-corrected chi connectivity index (χ4v) is 2.76. The molecule has 0 unspecified atom stereocenters. The number of carbonyl (C=O) groups is 1. The van der Waals surface area contributed by atoms with E-state index in [1.54, 1.807) is 24.3 Å². The summed E-state index contributed by atoms with van der Waals surface area (Å²) in [5.74, 6) is 1.66. The van der Waals surface area contributed by atoms with Gasteiger partial charge >= 0.3 is 6.09 Å². The highest BCUT2D eigenvalue weighted by Gasteiger charge is 2.27. The zero-order chi connectivity index (χ0) is 18.9. The molecular formula is C16H22ClN7O2. The van der Waals surface area contributed by atoms with Crippen LogP contribution in [0.3, 0.4) is 0 Å². The largest absolute Gasteiger partial charge is 0.444 e. The van der Waals surface area contributed by atoms with Crippen molar-refractivity contribution in [3.8, 4) is 5.95 Å². The van der Waals surface area contributed by atoms with E-state index in [-0.39, 0.29) is 6.09 Å². The van der Waals surface area contributed by atoms with E-state index in [1.807, 2.05) is 25.7 Å². The van der Waals surface area contributed by atoms with Crippen molar-refractivity contribution in [3.05, 3.63) is 23.4 Å². The highest BCUT2D eigenvalue weighted by molar-refractivity contribution is 6.32. The van der Waals surface area contributed by atoms with Crippen molar-refractivity contribution >= 4 is 23.5 Å². The summed E-state index contributed by atoms with van der Waals surface area (Å²) >= 11 is 6.29. The first-order valence-electron chi connectivity index (χ1n) is 8.37. The molecule has 0 saturated carbocycles. The Hall–Kier alpha value is -2.42. The van der Waals surface area contributed by atoms with Gasteiger partial charge in [0.05, 0.1) is 6.20 Å². The van der Waals surface area contributed by atoms with Crippen LogP contribution in [-0.2, 0) is 4.74 Å². The van der Waals surface area contributed by atoms with Crippen LogP contribution in [0.4, 0.5) is 10.6 Å². The molecule has 2 aromatic heterocycles. The lowest BCUT2D eigenvalue weighted by Crippen LogP contribution is -2.50. The predicted octanol–water partition coefficient (Wildman–Crippen LogP) is 2.08. The van der Waals surface area contributed by atoms with Crippen molar-refractivity contribution in [1.82, 2.24) is 29.6 Å². The van der Waals surface area contributed by atoms with Gasteiger partial charge in [0.1, 0.15) is 22.8 Å². The van der Waals surface area contributed by atoms with Gasteiger partial charge in [-0.25, -0.2) is 14.8 Å². The molecular weight excluding hydrogens is 358 g/mol. The van der Waals surface area contributed by atoms with Gasteiger partial charge in [0, 0.05) is 26.2 Å². The number of aromatic nitrogens is 5. The fraction of sp³-hybridized carbons (Fsp3) is 0.562. The molecule has 26 heavy (non-hydrogen) atoms. The summed E-state index contributed by atoms with van der Waals surface area (Å²) in [5.41, 5.74) is -0.505. The molecule has 0 atom stereocenters. The van der Waals surface area contributed by atoms with Crippen LogP contribution in [-0.4, -0.2) is 67.5 Å². The highest BCUT2D eigenvalue weighted by atomic mass is 35.5. The van der Waals surface area contributed by atoms with E-state index in [9.17, 15) is 4.79 Å². The molecule has 2 aromatic rings. The molecule has 1 fully saturated rings. The molecule has 1 aliphatic heterocycles. The first kappa shape index (κ1) is 18.4. The third kappa shape index (κ3) is 4.21. The quantitative estimate of drug-likeness (QED) is 0.789. The molecule has 10 heteroatoms. The van der Waals surface area contributed by atoms with Crippen LogP contribution in [0.1, 0.15) is 26.6 Å². The van der Waals surface area contributed by atoms with Gasteiger partial charge in [-0.1, -0.05) is 11.6 Å². The summed E-state index contributed by atoms with van der Waals surface area (Å²) in [4.78, 5) is 28.7. The van der Waals surface area contributed by atoms with Crippen LogP contribution in [0, 0.1) is 6.92 Å². The lowest BCUT2D eigenvalue weighted by Gasteiger charge is -2.36. The first-order chi connectivity index (χ1) is 12.2. The Morgan fingerprint density at radius 3 is 2.46 bits per heavy atom. The second-order valence-corrected chi connectivity index (χ2v) is 7.44. The van der Waals surface area contributed by atoms with E-state index in [2.05, 4.69) is 20.1 Å². The third-order valence-electron chi connectivity index (χ3n) is 3.76. The highest BCUT2D eigenvalue weighted by Crippen LogP contribution is 2.24. The van der Waals surface area contributed by atoms with E-state index in [1.165, 1.54) is 4.68 Å². The van der Waals surface area contributed by atoms with Gasteiger partial charge in [0.25, 0.3) is 5.95 Å². The monoisotopic (exact) mass is 379 g/mol. The molecule has 0 N–H and O–H groups in total. The van der Waals surface area contributed by atoms with Crippen molar-refractivity contribution in [3.63, 3.8) is 0 Å². The number of ether oxygens (including phenoxy) is 1.